The maximum Gasteiger partial charge on any atom is 0.225 e. The van der Waals surface area contributed by atoms with Crippen molar-refractivity contribution in [3.8, 4) is 0 Å². The Hall–Kier alpha value is -1.33. The number of rotatable bonds is 8. The maximum atomic E-state index is 12.4. The van der Waals surface area contributed by atoms with Crippen molar-refractivity contribution >= 4 is 35.8 Å². The molecule has 1 amide bonds. The Morgan fingerprint density at radius 3 is 2.52 bits per heavy atom. The van der Waals surface area contributed by atoms with Gasteiger partial charge in [0.05, 0.1) is 6.54 Å². The molecule has 176 valence electrons. The highest BCUT2D eigenvalue weighted by Gasteiger charge is 2.31. The van der Waals surface area contributed by atoms with E-state index in [1.165, 1.54) is 6.42 Å². The van der Waals surface area contributed by atoms with Crippen molar-refractivity contribution in [2.45, 2.75) is 45.6 Å². The molecule has 3 N–H and O–H groups in total. The third kappa shape index (κ3) is 7.35. The number of nitrogens with zero attached hydrogens (tertiary/aromatic N) is 3. The van der Waals surface area contributed by atoms with Crippen molar-refractivity contribution in [2.24, 2.45) is 10.9 Å². The summed E-state index contributed by atoms with van der Waals surface area (Å²) >= 11 is 0. The molecule has 0 spiro atoms. The lowest BCUT2D eigenvalue weighted by Crippen LogP contribution is -2.52. The molecular weight excluding hydrogens is 509 g/mol. The molecule has 1 aliphatic carbocycles. The molecule has 1 saturated carbocycles. The average molecular weight is 547 g/mol. The zero-order chi connectivity index (χ0) is 21.6. The summed E-state index contributed by atoms with van der Waals surface area (Å²) in [4.78, 5) is 21.3. The van der Waals surface area contributed by atoms with Gasteiger partial charge in [0.1, 0.15) is 17.1 Å². The molecule has 3 rings (SSSR count). The Balaban J connectivity index is 0.00000341. The van der Waals surface area contributed by atoms with E-state index in [1.807, 2.05) is 24.8 Å². The molecule has 8 nitrogen and oxygen atoms in total. The van der Waals surface area contributed by atoms with Crippen LogP contribution in [0.4, 0.5) is 0 Å². The Morgan fingerprint density at radius 1 is 1.26 bits per heavy atom. The fourth-order valence-electron chi connectivity index (χ4n) is 3.81. The van der Waals surface area contributed by atoms with Gasteiger partial charge >= 0.3 is 0 Å². The van der Waals surface area contributed by atoms with Gasteiger partial charge in [-0.2, -0.15) is 0 Å². The van der Waals surface area contributed by atoms with Gasteiger partial charge in [-0.05, 0) is 45.7 Å². The molecule has 1 aliphatic heterocycles. The Kier molecular flexibility index (Phi) is 10.1. The first-order chi connectivity index (χ1) is 14.4. The van der Waals surface area contributed by atoms with Gasteiger partial charge in [-0.1, -0.05) is 6.42 Å². The molecule has 2 heterocycles. The summed E-state index contributed by atoms with van der Waals surface area (Å²) in [5.74, 6) is 2.63. The highest BCUT2D eigenvalue weighted by atomic mass is 127. The zero-order valence-electron chi connectivity index (χ0n) is 19.0. The van der Waals surface area contributed by atoms with Crippen molar-refractivity contribution in [2.75, 3.05) is 52.4 Å². The Morgan fingerprint density at radius 2 is 1.97 bits per heavy atom. The molecule has 1 saturated heterocycles. The molecule has 1 aromatic rings. The monoisotopic (exact) mass is 547 g/mol. The summed E-state index contributed by atoms with van der Waals surface area (Å²) in [7, 11) is 0. The summed E-state index contributed by atoms with van der Waals surface area (Å²) < 4.78 is 5.56. The van der Waals surface area contributed by atoms with E-state index in [0.29, 0.717) is 23.5 Å². The minimum Gasteiger partial charge on any atom is -0.463 e. The molecule has 1 aromatic heterocycles. The molecule has 0 radical (unpaired) electrons. The van der Waals surface area contributed by atoms with Gasteiger partial charge in [0, 0.05) is 51.7 Å². The van der Waals surface area contributed by atoms with E-state index in [-0.39, 0.29) is 30.5 Å². The standard InChI is InChI=1S/C22H37N5O3.HI/c1-4-23-21(25-16-22(3,29)19-9-8-17(2)30-19)24-10-11-26-12-14-27(15-13-26)20(28)18-6-5-7-18;/h8-9,18,29H,4-7,10-16H2,1-3H3,(H2,23,24,25);1H. The van der Waals surface area contributed by atoms with Crippen LogP contribution in [-0.4, -0.2) is 79.1 Å². The molecular formula is C22H38IN5O3. The summed E-state index contributed by atoms with van der Waals surface area (Å²) in [6.45, 7) is 11.7. The predicted molar refractivity (Wildman–Crippen MR) is 133 cm³/mol. The number of aliphatic imine (C=N–C) groups is 1. The Bertz CT molecular complexity index is 724. The first kappa shape index (κ1) is 25.9. The minimum atomic E-state index is -1.15. The number of furan rings is 1. The molecule has 0 aromatic carbocycles. The Labute approximate surface area is 202 Å². The fourth-order valence-corrected chi connectivity index (χ4v) is 3.81. The van der Waals surface area contributed by atoms with Gasteiger partial charge in [0.2, 0.25) is 5.91 Å². The van der Waals surface area contributed by atoms with Crippen LogP contribution in [-0.2, 0) is 10.4 Å². The van der Waals surface area contributed by atoms with Gasteiger partial charge in [-0.3, -0.25) is 9.69 Å². The fraction of sp³-hybridized carbons (Fsp3) is 0.727. The average Bonchev–Trinajstić information content (AvgIpc) is 3.13. The van der Waals surface area contributed by atoms with Crippen molar-refractivity contribution in [3.05, 3.63) is 23.7 Å². The third-order valence-electron chi connectivity index (χ3n) is 6.02. The summed E-state index contributed by atoms with van der Waals surface area (Å²) in [5.41, 5.74) is -1.15. The number of piperazine rings is 1. The van der Waals surface area contributed by atoms with Gasteiger partial charge in [0.15, 0.2) is 5.96 Å². The van der Waals surface area contributed by atoms with Crippen molar-refractivity contribution in [1.82, 2.24) is 20.4 Å². The second-order valence-corrected chi connectivity index (χ2v) is 8.60. The van der Waals surface area contributed by atoms with Crippen molar-refractivity contribution in [1.29, 1.82) is 0 Å². The number of carbonyl (C=O) groups excluding carboxylic acids is 1. The number of carbonyl (C=O) groups is 1. The predicted octanol–water partition coefficient (Wildman–Crippen LogP) is 1.91. The maximum absolute atomic E-state index is 12.4. The lowest BCUT2D eigenvalue weighted by molar-refractivity contribution is -0.139. The molecule has 0 bridgehead atoms. The van der Waals surface area contributed by atoms with E-state index < -0.39 is 5.60 Å². The van der Waals surface area contributed by atoms with E-state index in [0.717, 1.165) is 64.4 Å². The third-order valence-corrected chi connectivity index (χ3v) is 6.02. The van der Waals surface area contributed by atoms with Crippen molar-refractivity contribution < 1.29 is 14.3 Å². The number of hydrogen-bond donors (Lipinski definition) is 3. The quantitative estimate of drug-likeness (QED) is 0.262. The van der Waals surface area contributed by atoms with E-state index in [1.54, 1.807) is 13.0 Å². The molecule has 9 heteroatoms. The van der Waals surface area contributed by atoms with Crippen LogP contribution in [0.25, 0.3) is 0 Å². The lowest BCUT2D eigenvalue weighted by atomic mass is 9.84. The number of aliphatic hydroxyl groups is 1. The van der Waals surface area contributed by atoms with E-state index >= 15 is 0 Å². The van der Waals surface area contributed by atoms with Crippen LogP contribution in [0.5, 0.6) is 0 Å². The molecule has 2 aliphatic rings. The SMILES string of the molecule is CCNC(=NCC(C)(O)c1ccc(C)o1)NCCN1CCN(C(=O)C2CCC2)CC1.I. The van der Waals surface area contributed by atoms with E-state index in [2.05, 4.69) is 20.5 Å². The van der Waals surface area contributed by atoms with Crippen LogP contribution < -0.4 is 10.6 Å². The molecule has 2 fully saturated rings. The molecule has 1 atom stereocenters. The molecule has 31 heavy (non-hydrogen) atoms. The van der Waals surface area contributed by atoms with Gasteiger partial charge in [-0.25, -0.2) is 4.99 Å². The second-order valence-electron chi connectivity index (χ2n) is 8.60. The van der Waals surface area contributed by atoms with Crippen LogP contribution in [0, 0.1) is 12.8 Å². The lowest BCUT2D eigenvalue weighted by Gasteiger charge is -2.38. The molecule has 1 unspecified atom stereocenters. The number of guanidine groups is 1. The minimum absolute atomic E-state index is 0. The number of hydrogen-bond acceptors (Lipinski definition) is 5. The van der Waals surface area contributed by atoms with Gasteiger partial charge in [-0.15, -0.1) is 24.0 Å². The number of halogens is 1. The summed E-state index contributed by atoms with van der Waals surface area (Å²) in [6, 6.07) is 3.64. The highest BCUT2D eigenvalue weighted by molar-refractivity contribution is 14.0. The van der Waals surface area contributed by atoms with Crippen LogP contribution in [0.3, 0.4) is 0 Å². The van der Waals surface area contributed by atoms with E-state index in [4.69, 9.17) is 4.42 Å². The largest absolute Gasteiger partial charge is 0.463 e. The summed E-state index contributed by atoms with van der Waals surface area (Å²) in [5, 5.41) is 17.2. The first-order valence-corrected chi connectivity index (χ1v) is 11.2. The normalized spacial score (nSPS) is 19.9. The number of amides is 1. The van der Waals surface area contributed by atoms with E-state index in [9.17, 15) is 9.90 Å². The topological polar surface area (TPSA) is 93.3 Å². The van der Waals surface area contributed by atoms with Crippen LogP contribution in [0.15, 0.2) is 21.5 Å². The van der Waals surface area contributed by atoms with Crippen LogP contribution in [0.1, 0.15) is 44.6 Å². The second kappa shape index (κ2) is 12.1. The smallest absolute Gasteiger partial charge is 0.225 e. The van der Waals surface area contributed by atoms with Gasteiger partial charge < -0.3 is 25.1 Å². The van der Waals surface area contributed by atoms with Crippen molar-refractivity contribution in [3.63, 3.8) is 0 Å². The zero-order valence-corrected chi connectivity index (χ0v) is 21.4. The highest BCUT2D eigenvalue weighted by Crippen LogP contribution is 2.28. The number of nitrogens with one attached hydrogen (secondary N) is 2. The first-order valence-electron chi connectivity index (χ1n) is 11.2. The number of aryl methyl sites for hydroxylation is 1. The van der Waals surface area contributed by atoms with Gasteiger partial charge in [0.25, 0.3) is 0 Å². The van der Waals surface area contributed by atoms with Crippen LogP contribution >= 0.6 is 24.0 Å². The summed E-state index contributed by atoms with van der Waals surface area (Å²) in [6.07, 6.45) is 3.35. The van der Waals surface area contributed by atoms with Crippen LogP contribution in [0.2, 0.25) is 0 Å².